The van der Waals surface area contributed by atoms with Crippen LogP contribution in [-0.2, 0) is 0 Å². The van der Waals surface area contributed by atoms with Crippen LogP contribution < -0.4 is 5.32 Å². The maximum Gasteiger partial charge on any atom is 0.0151 e. The molecule has 0 aromatic rings. The van der Waals surface area contributed by atoms with Gasteiger partial charge in [-0.1, -0.05) is 25.7 Å². The maximum atomic E-state index is 4.12. The second kappa shape index (κ2) is 7.00. The maximum absolute atomic E-state index is 4.12. The van der Waals surface area contributed by atoms with Crippen molar-refractivity contribution in [1.29, 1.82) is 0 Å². The van der Waals surface area contributed by atoms with Crippen LogP contribution in [0.3, 0.4) is 0 Å². The normalized spacial score (nSPS) is 36.9. The van der Waals surface area contributed by atoms with Crippen molar-refractivity contribution < 1.29 is 0 Å². The minimum Gasteiger partial charge on any atom is -0.311 e. The molecule has 0 aromatic heterocycles. The van der Waals surface area contributed by atoms with E-state index in [-0.39, 0.29) is 0 Å². The Balaban J connectivity index is 1.59. The van der Waals surface area contributed by atoms with Crippen molar-refractivity contribution in [2.24, 2.45) is 17.8 Å². The lowest BCUT2D eigenvalue weighted by atomic mass is 9.72. The highest BCUT2D eigenvalue weighted by atomic mass is 15.2. The van der Waals surface area contributed by atoms with Gasteiger partial charge in [-0.15, -0.1) is 0 Å². The quantitative estimate of drug-likeness (QED) is 0.841. The lowest BCUT2D eigenvalue weighted by Gasteiger charge is -2.50. The number of fused-ring (bicyclic) bond motifs is 2. The predicted molar refractivity (Wildman–Crippen MR) is 90.5 cm³/mol. The van der Waals surface area contributed by atoms with Crippen molar-refractivity contribution in [3.8, 4) is 0 Å². The van der Waals surface area contributed by atoms with E-state index in [0.29, 0.717) is 0 Å². The van der Waals surface area contributed by atoms with Crippen LogP contribution >= 0.6 is 0 Å². The zero-order valence-corrected chi connectivity index (χ0v) is 14.5. The van der Waals surface area contributed by atoms with E-state index in [2.05, 4.69) is 31.0 Å². The Morgan fingerprint density at radius 3 is 2.00 bits per heavy atom. The first kappa shape index (κ1) is 15.8. The van der Waals surface area contributed by atoms with E-state index in [1.54, 1.807) is 0 Å². The van der Waals surface area contributed by atoms with Crippen LogP contribution in [0.25, 0.3) is 0 Å². The van der Waals surface area contributed by atoms with Gasteiger partial charge in [0, 0.05) is 31.2 Å². The Labute approximate surface area is 132 Å². The molecule has 2 saturated carbocycles. The van der Waals surface area contributed by atoms with E-state index in [4.69, 9.17) is 0 Å². The van der Waals surface area contributed by atoms with Crippen molar-refractivity contribution in [2.45, 2.75) is 90.3 Å². The van der Waals surface area contributed by atoms with Gasteiger partial charge < -0.3 is 10.2 Å². The summed E-state index contributed by atoms with van der Waals surface area (Å²) in [6.07, 6.45) is 11.7. The molecule has 2 bridgehead atoms. The lowest BCUT2D eigenvalue weighted by molar-refractivity contribution is 0.0214. The molecule has 2 unspecified atom stereocenters. The van der Waals surface area contributed by atoms with Crippen LogP contribution in [0, 0.1) is 17.8 Å². The number of nitrogens with one attached hydrogen (secondary N) is 1. The van der Waals surface area contributed by atoms with Crippen LogP contribution in [-0.4, -0.2) is 36.1 Å². The first-order valence-corrected chi connectivity index (χ1v) is 9.65. The molecule has 3 rings (SSSR count). The third-order valence-corrected chi connectivity index (χ3v) is 6.65. The van der Waals surface area contributed by atoms with Crippen LogP contribution in [0.4, 0.5) is 0 Å². The third-order valence-electron chi connectivity index (χ3n) is 6.65. The topological polar surface area (TPSA) is 15.3 Å². The molecule has 3 aliphatic rings. The molecule has 2 nitrogen and oxygen atoms in total. The molecular weight excluding hydrogens is 256 g/mol. The molecule has 1 aliphatic heterocycles. The second-order valence-corrected chi connectivity index (χ2v) is 8.38. The van der Waals surface area contributed by atoms with Gasteiger partial charge in [0.05, 0.1) is 0 Å². The molecule has 3 fully saturated rings. The van der Waals surface area contributed by atoms with E-state index in [1.165, 1.54) is 64.5 Å². The summed E-state index contributed by atoms with van der Waals surface area (Å²) in [7, 11) is 0. The van der Waals surface area contributed by atoms with Crippen LogP contribution in [0.15, 0.2) is 0 Å². The second-order valence-electron chi connectivity index (χ2n) is 8.38. The largest absolute Gasteiger partial charge is 0.311 e. The monoisotopic (exact) mass is 292 g/mol. The van der Waals surface area contributed by atoms with Gasteiger partial charge in [0.15, 0.2) is 0 Å². The van der Waals surface area contributed by atoms with Gasteiger partial charge in [-0.2, -0.15) is 0 Å². The van der Waals surface area contributed by atoms with Gasteiger partial charge in [-0.3, -0.25) is 0 Å². The van der Waals surface area contributed by atoms with E-state index in [9.17, 15) is 0 Å². The van der Waals surface area contributed by atoms with E-state index >= 15 is 0 Å². The van der Waals surface area contributed by atoms with Crippen molar-refractivity contribution in [3.63, 3.8) is 0 Å². The summed E-state index contributed by atoms with van der Waals surface area (Å²) in [6.45, 7) is 9.88. The van der Waals surface area contributed by atoms with Gasteiger partial charge in [0.2, 0.25) is 0 Å². The summed E-state index contributed by atoms with van der Waals surface area (Å²) in [5.41, 5.74) is 0. The molecule has 1 heterocycles. The van der Waals surface area contributed by atoms with Crippen molar-refractivity contribution in [1.82, 2.24) is 10.2 Å². The number of hydrogen-bond donors (Lipinski definition) is 1. The molecule has 3 atom stereocenters. The van der Waals surface area contributed by atoms with Gasteiger partial charge in [-0.25, -0.2) is 0 Å². The van der Waals surface area contributed by atoms with Gasteiger partial charge in [-0.05, 0) is 64.2 Å². The number of piperidine rings is 1. The first-order valence-electron chi connectivity index (χ1n) is 9.65. The molecule has 0 aromatic carbocycles. The Bertz CT molecular complexity index is 308. The van der Waals surface area contributed by atoms with Crippen molar-refractivity contribution in [2.75, 3.05) is 13.1 Å². The van der Waals surface area contributed by atoms with E-state index in [1.807, 2.05) is 0 Å². The van der Waals surface area contributed by atoms with Gasteiger partial charge in [0.1, 0.15) is 0 Å². The number of hydrogen-bond acceptors (Lipinski definition) is 2. The summed E-state index contributed by atoms with van der Waals surface area (Å²) in [5, 5.41) is 4.12. The third kappa shape index (κ3) is 3.64. The van der Waals surface area contributed by atoms with Gasteiger partial charge in [0.25, 0.3) is 0 Å². The number of nitrogens with zero attached hydrogens (tertiary/aromatic N) is 1. The zero-order valence-electron chi connectivity index (χ0n) is 14.5. The van der Waals surface area contributed by atoms with Crippen molar-refractivity contribution >= 4 is 0 Å². The minimum atomic E-state index is 0.727. The lowest BCUT2D eigenvalue weighted by Crippen LogP contribution is -2.60. The SMILES string of the molecule is CC(C)N1CC2CCCC(C1)C2N[C@H](C)C1CCCCC1. The number of likely N-dealkylation sites (tertiary alicyclic amines) is 1. The fourth-order valence-corrected chi connectivity index (χ4v) is 5.24. The molecule has 0 radical (unpaired) electrons. The average Bonchev–Trinajstić information content (AvgIpc) is 2.47. The molecule has 0 amide bonds. The average molecular weight is 293 g/mol. The van der Waals surface area contributed by atoms with Gasteiger partial charge >= 0.3 is 0 Å². The van der Waals surface area contributed by atoms with Crippen LogP contribution in [0.5, 0.6) is 0 Å². The molecule has 2 heteroatoms. The Kier molecular flexibility index (Phi) is 5.27. The predicted octanol–water partition coefficient (Wildman–Crippen LogP) is 4.05. The minimum absolute atomic E-state index is 0.727. The summed E-state index contributed by atoms with van der Waals surface area (Å²) in [6, 6.07) is 2.28. The summed E-state index contributed by atoms with van der Waals surface area (Å²) >= 11 is 0. The molecule has 21 heavy (non-hydrogen) atoms. The van der Waals surface area contributed by atoms with Crippen LogP contribution in [0.1, 0.15) is 72.1 Å². The fraction of sp³-hybridized carbons (Fsp3) is 1.00. The van der Waals surface area contributed by atoms with E-state index in [0.717, 1.165) is 35.9 Å². The summed E-state index contributed by atoms with van der Waals surface area (Å²) in [4.78, 5) is 2.73. The Morgan fingerprint density at radius 2 is 1.43 bits per heavy atom. The molecule has 2 aliphatic carbocycles. The zero-order chi connectivity index (χ0) is 14.8. The Hall–Kier alpha value is -0.0800. The summed E-state index contributed by atoms with van der Waals surface area (Å²) in [5.74, 6) is 2.76. The molecule has 1 N–H and O–H groups in total. The molecule has 1 saturated heterocycles. The van der Waals surface area contributed by atoms with E-state index < -0.39 is 0 Å². The van der Waals surface area contributed by atoms with Crippen LogP contribution in [0.2, 0.25) is 0 Å². The standard InChI is InChI=1S/C19H36N2/c1-14(2)21-12-17-10-7-11-18(13-21)19(17)20-15(3)16-8-5-4-6-9-16/h14-20H,4-13H2,1-3H3/t15-,17?,18?,19?/m1/s1. The number of rotatable bonds is 4. The summed E-state index contributed by atoms with van der Waals surface area (Å²) < 4.78 is 0. The fourth-order valence-electron chi connectivity index (χ4n) is 5.24. The highest BCUT2D eigenvalue weighted by Crippen LogP contribution is 2.37. The first-order chi connectivity index (χ1) is 10.1. The Morgan fingerprint density at radius 1 is 0.810 bits per heavy atom. The van der Waals surface area contributed by atoms with Crippen molar-refractivity contribution in [3.05, 3.63) is 0 Å². The molecule has 0 spiro atoms. The smallest absolute Gasteiger partial charge is 0.0151 e. The molecular formula is C19H36N2. The highest BCUT2D eigenvalue weighted by Gasteiger charge is 2.40. The highest BCUT2D eigenvalue weighted by molar-refractivity contribution is 4.97. The molecule has 122 valence electrons.